The maximum Gasteiger partial charge on any atom is 0.0987 e. The van der Waals surface area contributed by atoms with Crippen LogP contribution in [0.3, 0.4) is 0 Å². The van der Waals surface area contributed by atoms with Gasteiger partial charge in [0, 0.05) is 0 Å². The zero-order chi connectivity index (χ0) is 5.41. The Kier molecular flexibility index (Phi) is 29.0. The molecule has 2 heteroatoms. The van der Waals surface area contributed by atoms with Gasteiger partial charge in [-0.2, -0.15) is 0 Å². The third kappa shape index (κ3) is 25.3. The molecule has 0 rings (SSSR count). The molecule has 0 aromatic rings. The highest BCUT2D eigenvalue weighted by Crippen LogP contribution is 1.76. The monoisotopic (exact) mass is 154 g/mol. The molecule has 0 aliphatic rings. The fourth-order valence-corrected chi connectivity index (χ4v) is 0. The minimum atomic E-state index is 0.736. The molecule has 1 nitrogen and oxygen atoms in total. The summed E-state index contributed by atoms with van der Waals surface area (Å²) in [4.78, 5) is 0. The average Bonchev–Trinajstić information content (AvgIpc) is 1.72. The van der Waals surface area contributed by atoms with Crippen molar-refractivity contribution < 1.29 is 3.83 Å². The summed E-state index contributed by atoms with van der Waals surface area (Å²) in [6.45, 7) is 6.65. The van der Waals surface area contributed by atoms with Crippen LogP contribution in [0, 0.1) is 0 Å². The minimum absolute atomic E-state index is 0.736. The molecule has 0 aliphatic carbocycles. The summed E-state index contributed by atoms with van der Waals surface area (Å²) in [6.07, 6.45) is 0. The van der Waals surface area contributed by atoms with Gasteiger partial charge in [-0.05, 0) is 6.92 Å². The van der Waals surface area contributed by atoms with E-state index < -0.39 is 0 Å². The van der Waals surface area contributed by atoms with Gasteiger partial charge in [0.15, 0.2) is 0 Å². The van der Waals surface area contributed by atoms with Gasteiger partial charge in [0.25, 0.3) is 0 Å². The summed E-state index contributed by atoms with van der Waals surface area (Å²) < 4.78 is 4.35. The van der Waals surface area contributed by atoms with Crippen molar-refractivity contribution in [2.75, 3.05) is 6.61 Å². The average molecular weight is 155 g/mol. The quantitative estimate of drug-likeness (QED) is 0.564. The van der Waals surface area contributed by atoms with Crippen LogP contribution < -0.4 is 0 Å². The van der Waals surface area contributed by atoms with Crippen LogP contribution in [0.2, 0.25) is 0 Å². The second-order valence-electron chi connectivity index (χ2n) is 0.398. The van der Waals surface area contributed by atoms with Crippen LogP contribution in [0.4, 0.5) is 0 Å². The zero-order valence-corrected chi connectivity index (χ0v) is 6.08. The predicted molar refractivity (Wildman–Crippen MR) is 31.9 cm³/mol. The van der Waals surface area contributed by atoms with Crippen LogP contribution >= 0.6 is 16.3 Å². The molecule has 0 fully saturated rings. The summed E-state index contributed by atoms with van der Waals surface area (Å²) in [6, 6.07) is 0. The topological polar surface area (TPSA) is 9.23 Å². The summed E-state index contributed by atoms with van der Waals surface area (Å²) >= 11 is 2.75. The second-order valence-corrected chi connectivity index (χ2v) is 0.856. The fourth-order valence-electron chi connectivity index (χ4n) is 0. The molecule has 40 valence electrons. The third-order valence-corrected chi connectivity index (χ3v) is 0.567. The Balaban J connectivity index is 0. The van der Waals surface area contributed by atoms with E-state index in [1.165, 1.54) is 0 Å². The van der Waals surface area contributed by atoms with E-state index in [1.807, 2.05) is 20.8 Å². The van der Waals surface area contributed by atoms with Crippen LogP contribution in [-0.2, 0) is 3.83 Å². The molecule has 0 unspecified atom stereocenters. The van der Waals surface area contributed by atoms with Gasteiger partial charge < -0.3 is 3.83 Å². The molecule has 0 radical (unpaired) electrons. The van der Waals surface area contributed by atoms with Crippen LogP contribution in [0.1, 0.15) is 20.8 Å². The van der Waals surface area contributed by atoms with Gasteiger partial charge in [0.1, 0.15) is 0 Å². The molecule has 0 aromatic heterocycles. The summed E-state index contributed by atoms with van der Waals surface area (Å²) in [5.41, 5.74) is 0. The van der Waals surface area contributed by atoms with E-state index >= 15 is 0 Å². The van der Waals surface area contributed by atoms with Crippen molar-refractivity contribution in [1.29, 1.82) is 0 Å². The highest BCUT2D eigenvalue weighted by atomic mass is 79.9. The van der Waals surface area contributed by atoms with Crippen LogP contribution in [0.15, 0.2) is 0 Å². The predicted octanol–water partition coefficient (Wildman–Crippen LogP) is 2.36. The Morgan fingerprint density at radius 2 is 1.67 bits per heavy atom. The van der Waals surface area contributed by atoms with Crippen LogP contribution in [0.5, 0.6) is 0 Å². The number of halogens is 1. The molecule has 0 N–H and O–H groups in total. The van der Waals surface area contributed by atoms with E-state index in [-0.39, 0.29) is 0 Å². The lowest BCUT2D eigenvalue weighted by Gasteiger charge is -1.71. The van der Waals surface area contributed by atoms with Crippen LogP contribution in [-0.4, -0.2) is 6.61 Å². The number of rotatable bonds is 1. The minimum Gasteiger partial charge on any atom is -0.308 e. The summed E-state index contributed by atoms with van der Waals surface area (Å²) in [7, 11) is 0. The van der Waals surface area contributed by atoms with Gasteiger partial charge in [0.2, 0.25) is 0 Å². The second kappa shape index (κ2) is 18.0. The van der Waals surface area contributed by atoms with Crippen LogP contribution in [0.25, 0.3) is 0 Å². The molecule has 0 spiro atoms. The Hall–Kier alpha value is 0.440. The lowest BCUT2D eigenvalue weighted by Crippen LogP contribution is -1.63. The summed E-state index contributed by atoms with van der Waals surface area (Å²) in [5, 5.41) is 0. The van der Waals surface area contributed by atoms with Crippen molar-refractivity contribution in [1.82, 2.24) is 0 Å². The normalized spacial score (nSPS) is 6.00. The van der Waals surface area contributed by atoms with Crippen molar-refractivity contribution in [2.24, 2.45) is 0 Å². The smallest absolute Gasteiger partial charge is 0.0987 e. The molecule has 0 saturated carbocycles. The maximum atomic E-state index is 4.35. The van der Waals surface area contributed by atoms with E-state index in [4.69, 9.17) is 0 Å². The molecule has 6 heavy (non-hydrogen) atoms. The van der Waals surface area contributed by atoms with Crippen molar-refractivity contribution in [2.45, 2.75) is 20.8 Å². The lowest BCUT2D eigenvalue weighted by atomic mass is 10.9. The number of hydrogen-bond donors (Lipinski definition) is 0. The molecule has 0 atom stereocenters. The third-order valence-electron chi connectivity index (χ3n) is 0.109. The molecule has 0 aromatic carbocycles. The Labute approximate surface area is 48.1 Å². The van der Waals surface area contributed by atoms with E-state index in [0.717, 1.165) is 6.61 Å². The highest BCUT2D eigenvalue weighted by Gasteiger charge is 1.55. The molecule has 0 bridgehead atoms. The van der Waals surface area contributed by atoms with Crippen molar-refractivity contribution >= 4 is 16.3 Å². The molecule has 0 amide bonds. The van der Waals surface area contributed by atoms with Gasteiger partial charge in [-0.3, -0.25) is 0 Å². The van der Waals surface area contributed by atoms with Gasteiger partial charge in [-0.25, -0.2) is 0 Å². The Morgan fingerprint density at radius 1 is 1.50 bits per heavy atom. The van der Waals surface area contributed by atoms with E-state index in [1.54, 1.807) is 0 Å². The van der Waals surface area contributed by atoms with Crippen molar-refractivity contribution in [3.8, 4) is 0 Å². The Morgan fingerprint density at radius 3 is 1.67 bits per heavy atom. The lowest BCUT2D eigenvalue weighted by molar-refractivity contribution is 0.426. The highest BCUT2D eigenvalue weighted by molar-refractivity contribution is 9.06. The molecular formula is C4H11BrO. The number of hydrogen-bond acceptors (Lipinski definition) is 1. The first-order chi connectivity index (χ1) is 2.91. The van der Waals surface area contributed by atoms with E-state index in [2.05, 4.69) is 20.1 Å². The SMILES string of the molecule is CC.CCOBr. The largest absolute Gasteiger partial charge is 0.308 e. The summed E-state index contributed by atoms with van der Waals surface area (Å²) in [5.74, 6) is 0. The van der Waals surface area contributed by atoms with E-state index in [9.17, 15) is 0 Å². The van der Waals surface area contributed by atoms with Gasteiger partial charge in [0.05, 0.1) is 22.9 Å². The van der Waals surface area contributed by atoms with Gasteiger partial charge >= 0.3 is 0 Å². The fraction of sp³-hybridized carbons (Fsp3) is 1.00. The first-order valence-electron chi connectivity index (χ1n) is 2.15. The first kappa shape index (κ1) is 9.67. The zero-order valence-electron chi connectivity index (χ0n) is 4.49. The molecule has 0 aliphatic heterocycles. The van der Waals surface area contributed by atoms with Crippen molar-refractivity contribution in [3.63, 3.8) is 0 Å². The molecule has 0 saturated heterocycles. The van der Waals surface area contributed by atoms with Crippen molar-refractivity contribution in [3.05, 3.63) is 0 Å². The van der Waals surface area contributed by atoms with Gasteiger partial charge in [-0.1, -0.05) is 13.8 Å². The van der Waals surface area contributed by atoms with E-state index in [0.29, 0.717) is 0 Å². The first-order valence-corrected chi connectivity index (χ1v) is 2.80. The standard InChI is InChI=1S/C2H5BrO.C2H6/c1-2-4-3;1-2/h2H2,1H3;1-2H3. The molecule has 0 heterocycles. The van der Waals surface area contributed by atoms with Gasteiger partial charge in [-0.15, -0.1) is 0 Å². The molecular weight excluding hydrogens is 144 g/mol. The Bertz CT molecular complexity index is 9.51. The maximum absolute atomic E-state index is 4.35.